The number of aliphatic hydroxyl groups is 1. The molecule has 5 heteroatoms. The molecule has 5 nitrogen and oxygen atoms in total. The Morgan fingerprint density at radius 1 is 1.56 bits per heavy atom. The molecule has 1 heterocycles. The molecule has 0 amide bonds. The Morgan fingerprint density at radius 2 is 2.25 bits per heavy atom. The summed E-state index contributed by atoms with van der Waals surface area (Å²) >= 11 is 0. The molecule has 1 aromatic rings. The molecule has 1 rings (SSSR count). The Labute approximate surface area is 95.9 Å². The van der Waals surface area contributed by atoms with Gasteiger partial charge >= 0.3 is 0 Å². The van der Waals surface area contributed by atoms with E-state index in [-0.39, 0.29) is 5.92 Å². The first-order valence-electron chi connectivity index (χ1n) is 5.29. The summed E-state index contributed by atoms with van der Waals surface area (Å²) in [6.45, 7) is 6.12. The van der Waals surface area contributed by atoms with Crippen LogP contribution in [0.5, 0.6) is 5.88 Å². The second-order valence-electron chi connectivity index (χ2n) is 4.29. The first kappa shape index (κ1) is 12.7. The highest BCUT2D eigenvalue weighted by Crippen LogP contribution is 2.16. The van der Waals surface area contributed by atoms with Crippen molar-refractivity contribution in [1.82, 2.24) is 9.97 Å². The van der Waals surface area contributed by atoms with Gasteiger partial charge in [0.25, 0.3) is 0 Å². The van der Waals surface area contributed by atoms with Crippen molar-refractivity contribution in [1.29, 1.82) is 0 Å². The van der Waals surface area contributed by atoms with Gasteiger partial charge in [-0.15, -0.1) is 0 Å². The van der Waals surface area contributed by atoms with Crippen molar-refractivity contribution in [2.45, 2.75) is 26.4 Å². The smallest absolute Gasteiger partial charge is 0.226 e. The average Bonchev–Trinajstić information content (AvgIpc) is 2.26. The van der Waals surface area contributed by atoms with Gasteiger partial charge in [0.05, 0.1) is 12.7 Å². The molecule has 16 heavy (non-hydrogen) atoms. The molecule has 0 bridgehead atoms. The maximum absolute atomic E-state index is 10.0. The van der Waals surface area contributed by atoms with Gasteiger partial charge in [-0.25, -0.2) is 4.98 Å². The number of anilines is 1. The van der Waals surface area contributed by atoms with Crippen molar-refractivity contribution >= 4 is 5.95 Å². The first-order valence-corrected chi connectivity index (χ1v) is 5.29. The van der Waals surface area contributed by atoms with Crippen molar-refractivity contribution in [3.05, 3.63) is 12.3 Å². The van der Waals surface area contributed by atoms with Gasteiger partial charge in [-0.1, -0.05) is 13.8 Å². The zero-order chi connectivity index (χ0) is 12.2. The van der Waals surface area contributed by atoms with E-state index in [4.69, 9.17) is 4.74 Å². The molecule has 90 valence electrons. The van der Waals surface area contributed by atoms with Crippen molar-refractivity contribution < 1.29 is 9.84 Å². The number of nitrogens with zero attached hydrogens (tertiary/aromatic N) is 2. The standard InChI is InChI=1S/C11H19N3O2/c1-8(2)11(3,15)7-13-10-12-6-5-9(14-10)16-4/h5-6,8,15H,7H2,1-4H3,(H,12,13,14)/t11-/m1/s1. The summed E-state index contributed by atoms with van der Waals surface area (Å²) in [6, 6.07) is 1.67. The number of hydrogen-bond donors (Lipinski definition) is 2. The van der Waals surface area contributed by atoms with E-state index in [1.807, 2.05) is 13.8 Å². The second-order valence-corrected chi connectivity index (χ2v) is 4.29. The van der Waals surface area contributed by atoms with Crippen LogP contribution in [0, 0.1) is 5.92 Å². The third kappa shape index (κ3) is 3.34. The van der Waals surface area contributed by atoms with Gasteiger partial charge in [0.1, 0.15) is 0 Å². The fourth-order valence-electron chi connectivity index (χ4n) is 1.00. The van der Waals surface area contributed by atoms with Crippen LogP contribution in [-0.2, 0) is 0 Å². The van der Waals surface area contributed by atoms with Crippen LogP contribution in [0.1, 0.15) is 20.8 Å². The fraction of sp³-hybridized carbons (Fsp3) is 0.636. The highest BCUT2D eigenvalue weighted by molar-refractivity contribution is 5.27. The molecule has 0 aliphatic rings. The number of ether oxygens (including phenoxy) is 1. The van der Waals surface area contributed by atoms with Crippen LogP contribution < -0.4 is 10.1 Å². The molecule has 0 spiro atoms. The summed E-state index contributed by atoms with van der Waals surface area (Å²) in [6.07, 6.45) is 1.61. The van der Waals surface area contributed by atoms with E-state index in [0.717, 1.165) is 0 Å². The van der Waals surface area contributed by atoms with Crippen molar-refractivity contribution in [2.75, 3.05) is 19.0 Å². The summed E-state index contributed by atoms with van der Waals surface area (Å²) in [4.78, 5) is 8.13. The van der Waals surface area contributed by atoms with Gasteiger partial charge in [-0.05, 0) is 12.8 Å². The number of nitrogens with one attached hydrogen (secondary N) is 1. The zero-order valence-corrected chi connectivity index (χ0v) is 10.2. The molecule has 0 radical (unpaired) electrons. The van der Waals surface area contributed by atoms with E-state index in [1.165, 1.54) is 0 Å². The minimum absolute atomic E-state index is 0.158. The van der Waals surface area contributed by atoms with Crippen molar-refractivity contribution in [2.24, 2.45) is 5.92 Å². The second kappa shape index (κ2) is 5.12. The van der Waals surface area contributed by atoms with Gasteiger partial charge in [-0.3, -0.25) is 0 Å². The number of methoxy groups -OCH3 is 1. The third-order valence-corrected chi connectivity index (χ3v) is 2.69. The van der Waals surface area contributed by atoms with Gasteiger partial charge < -0.3 is 15.2 Å². The maximum atomic E-state index is 10.0. The van der Waals surface area contributed by atoms with Crippen LogP contribution in [0.2, 0.25) is 0 Å². The van der Waals surface area contributed by atoms with Crippen LogP contribution >= 0.6 is 0 Å². The lowest BCUT2D eigenvalue weighted by Crippen LogP contribution is -2.39. The van der Waals surface area contributed by atoms with Gasteiger partial charge in [0.15, 0.2) is 0 Å². The SMILES string of the molecule is COc1ccnc(NC[C@@](C)(O)C(C)C)n1. The number of hydrogen-bond acceptors (Lipinski definition) is 5. The quantitative estimate of drug-likeness (QED) is 0.790. The molecular weight excluding hydrogens is 206 g/mol. The lowest BCUT2D eigenvalue weighted by molar-refractivity contribution is 0.0264. The fourth-order valence-corrected chi connectivity index (χ4v) is 1.00. The summed E-state index contributed by atoms with van der Waals surface area (Å²) in [7, 11) is 1.55. The third-order valence-electron chi connectivity index (χ3n) is 2.69. The Balaban J connectivity index is 2.60. The Bertz CT molecular complexity index is 340. The van der Waals surface area contributed by atoms with Gasteiger partial charge in [-0.2, -0.15) is 4.98 Å². The Kier molecular flexibility index (Phi) is 4.06. The normalized spacial score (nSPS) is 14.6. The van der Waals surface area contributed by atoms with Crippen LogP contribution in [0.25, 0.3) is 0 Å². The largest absolute Gasteiger partial charge is 0.481 e. The molecule has 0 fully saturated rings. The summed E-state index contributed by atoms with van der Waals surface area (Å²) in [5.41, 5.74) is -0.785. The monoisotopic (exact) mass is 225 g/mol. The predicted molar refractivity (Wildman–Crippen MR) is 62.5 cm³/mol. The molecule has 0 saturated heterocycles. The highest BCUT2D eigenvalue weighted by Gasteiger charge is 2.24. The topological polar surface area (TPSA) is 67.3 Å². The average molecular weight is 225 g/mol. The lowest BCUT2D eigenvalue weighted by Gasteiger charge is -2.27. The Morgan fingerprint density at radius 3 is 2.81 bits per heavy atom. The van der Waals surface area contributed by atoms with Crippen molar-refractivity contribution in [3.63, 3.8) is 0 Å². The number of aromatic nitrogens is 2. The summed E-state index contributed by atoms with van der Waals surface area (Å²) in [5, 5.41) is 13.0. The van der Waals surface area contributed by atoms with Crippen LogP contribution in [-0.4, -0.2) is 34.3 Å². The van der Waals surface area contributed by atoms with E-state index < -0.39 is 5.60 Å². The summed E-state index contributed by atoms with van der Waals surface area (Å²) in [5.74, 6) is 1.12. The van der Waals surface area contributed by atoms with E-state index in [1.54, 1.807) is 26.3 Å². The van der Waals surface area contributed by atoms with Gasteiger partial charge in [0, 0.05) is 18.8 Å². The number of rotatable bonds is 5. The molecule has 1 atom stereocenters. The molecule has 1 aromatic heterocycles. The van der Waals surface area contributed by atoms with E-state index in [9.17, 15) is 5.11 Å². The zero-order valence-electron chi connectivity index (χ0n) is 10.2. The predicted octanol–water partition coefficient (Wildman–Crippen LogP) is 1.30. The molecular formula is C11H19N3O2. The minimum atomic E-state index is -0.785. The van der Waals surface area contributed by atoms with E-state index in [0.29, 0.717) is 18.4 Å². The van der Waals surface area contributed by atoms with Crippen LogP contribution in [0.4, 0.5) is 5.95 Å². The first-order chi connectivity index (χ1) is 7.45. The molecule has 0 saturated carbocycles. The molecule has 0 aliphatic carbocycles. The van der Waals surface area contributed by atoms with Crippen LogP contribution in [0.3, 0.4) is 0 Å². The maximum Gasteiger partial charge on any atom is 0.226 e. The minimum Gasteiger partial charge on any atom is -0.481 e. The lowest BCUT2D eigenvalue weighted by atomic mass is 9.93. The summed E-state index contributed by atoms with van der Waals surface area (Å²) < 4.78 is 4.98. The molecule has 2 N–H and O–H groups in total. The van der Waals surface area contributed by atoms with E-state index >= 15 is 0 Å². The molecule has 0 unspecified atom stereocenters. The van der Waals surface area contributed by atoms with Crippen LogP contribution in [0.15, 0.2) is 12.3 Å². The molecule has 0 aliphatic heterocycles. The van der Waals surface area contributed by atoms with Crippen molar-refractivity contribution in [3.8, 4) is 5.88 Å². The van der Waals surface area contributed by atoms with Gasteiger partial charge in [0.2, 0.25) is 11.8 Å². The molecule has 0 aromatic carbocycles. The highest BCUT2D eigenvalue weighted by atomic mass is 16.5. The Hall–Kier alpha value is -1.36. The van der Waals surface area contributed by atoms with E-state index in [2.05, 4.69) is 15.3 Å².